The maximum absolute atomic E-state index is 11.7. The average Bonchev–Trinajstić information content (AvgIpc) is 2.58. The molecule has 0 spiro atoms. The van der Waals surface area contributed by atoms with Crippen LogP contribution in [0.2, 0.25) is 0 Å². The Kier molecular flexibility index (Phi) is 7.38. The summed E-state index contributed by atoms with van der Waals surface area (Å²) in [4.78, 5) is 26.7. The van der Waals surface area contributed by atoms with Crippen LogP contribution in [0.4, 0.5) is 9.59 Å². The summed E-state index contributed by atoms with van der Waals surface area (Å²) in [5.74, 6) is 1.62. The number of carbonyl (C=O) groups is 2. The van der Waals surface area contributed by atoms with Gasteiger partial charge in [0.05, 0.1) is 0 Å². The number of hydrogen-bond acceptors (Lipinski definition) is 2. The number of carbonyl (C=O) groups excluding carboxylic acids is 2. The van der Waals surface area contributed by atoms with E-state index in [-0.39, 0.29) is 12.1 Å². The van der Waals surface area contributed by atoms with Gasteiger partial charge in [-0.2, -0.15) is 0 Å². The van der Waals surface area contributed by atoms with Crippen molar-refractivity contribution in [1.82, 2.24) is 20.4 Å². The van der Waals surface area contributed by atoms with Gasteiger partial charge in [-0.05, 0) is 69.6 Å². The maximum Gasteiger partial charge on any atom is 0.317 e. The van der Waals surface area contributed by atoms with Crippen molar-refractivity contribution in [2.45, 2.75) is 69.9 Å². The highest BCUT2D eigenvalue weighted by Gasteiger charge is 2.28. The van der Waals surface area contributed by atoms with Crippen molar-refractivity contribution < 1.29 is 9.59 Å². The predicted molar refractivity (Wildman–Crippen MR) is 101 cm³/mol. The molecule has 6 heteroatoms. The van der Waals surface area contributed by atoms with Crippen LogP contribution in [0.15, 0.2) is 0 Å². The lowest BCUT2D eigenvalue weighted by atomic mass is 9.75. The van der Waals surface area contributed by atoms with Crippen LogP contribution in [-0.2, 0) is 0 Å². The largest absolute Gasteiger partial charge is 0.335 e. The van der Waals surface area contributed by atoms with Crippen molar-refractivity contribution in [2.24, 2.45) is 11.8 Å². The van der Waals surface area contributed by atoms with E-state index in [0.717, 1.165) is 37.5 Å². The van der Waals surface area contributed by atoms with Gasteiger partial charge in [-0.15, -0.1) is 0 Å². The fourth-order valence-corrected chi connectivity index (χ4v) is 4.16. The molecule has 0 aromatic rings. The van der Waals surface area contributed by atoms with Gasteiger partial charge in [-0.25, -0.2) is 9.59 Å². The molecule has 2 fully saturated rings. The average molecular weight is 353 g/mol. The molecule has 0 radical (unpaired) electrons. The Morgan fingerprint density at radius 2 is 1.00 bits per heavy atom. The van der Waals surface area contributed by atoms with Gasteiger partial charge in [0.25, 0.3) is 0 Å². The number of nitrogens with zero attached hydrogens (tertiary/aromatic N) is 2. The number of nitrogens with one attached hydrogen (secondary N) is 2. The smallest absolute Gasteiger partial charge is 0.317 e. The maximum atomic E-state index is 11.7. The molecule has 2 aliphatic carbocycles. The highest BCUT2D eigenvalue weighted by molar-refractivity contribution is 5.74. The Labute approximate surface area is 152 Å². The minimum Gasteiger partial charge on any atom is -0.335 e. The molecule has 0 atom stereocenters. The van der Waals surface area contributed by atoms with E-state index < -0.39 is 0 Å². The van der Waals surface area contributed by atoms with Gasteiger partial charge < -0.3 is 20.4 Å². The van der Waals surface area contributed by atoms with Crippen LogP contribution in [0, 0.1) is 11.8 Å². The number of urea groups is 2. The summed E-state index contributed by atoms with van der Waals surface area (Å²) in [6.45, 7) is 0. The van der Waals surface area contributed by atoms with Gasteiger partial charge in [0.2, 0.25) is 0 Å². The van der Waals surface area contributed by atoms with Crippen LogP contribution in [0.3, 0.4) is 0 Å². The Bertz CT molecular complexity index is 397. The zero-order valence-electron chi connectivity index (χ0n) is 16.4. The third-order valence-corrected chi connectivity index (χ3v) is 5.83. The molecule has 0 bridgehead atoms. The van der Waals surface area contributed by atoms with E-state index in [1.54, 1.807) is 38.0 Å². The third kappa shape index (κ3) is 6.40. The Morgan fingerprint density at radius 3 is 1.28 bits per heavy atom. The summed E-state index contributed by atoms with van der Waals surface area (Å²) in [6.07, 6.45) is 10.7. The first-order valence-electron chi connectivity index (χ1n) is 9.80. The van der Waals surface area contributed by atoms with Gasteiger partial charge in [-0.1, -0.05) is 0 Å². The molecule has 0 unspecified atom stereocenters. The van der Waals surface area contributed by atoms with Crippen molar-refractivity contribution in [1.29, 1.82) is 0 Å². The first-order chi connectivity index (χ1) is 11.8. The standard InChI is InChI=1S/C19H36N4O2/c1-22(2)18(24)20-16-9-5-14(6-10-16)13-15-7-11-17(12-8-15)21-19(25)23(3)4/h14-17H,5-13H2,1-4H3,(H,20,24)(H,21,25). The zero-order chi connectivity index (χ0) is 18.4. The minimum absolute atomic E-state index is 0.0292. The van der Waals surface area contributed by atoms with E-state index in [4.69, 9.17) is 0 Å². The molecule has 25 heavy (non-hydrogen) atoms. The van der Waals surface area contributed by atoms with Crippen LogP contribution in [0.1, 0.15) is 57.8 Å². The molecule has 0 saturated heterocycles. The number of amides is 4. The molecule has 144 valence electrons. The van der Waals surface area contributed by atoms with Gasteiger partial charge in [-0.3, -0.25) is 0 Å². The minimum atomic E-state index is 0.0292. The monoisotopic (exact) mass is 352 g/mol. The zero-order valence-corrected chi connectivity index (χ0v) is 16.4. The lowest BCUT2D eigenvalue weighted by Gasteiger charge is -2.35. The van der Waals surface area contributed by atoms with Crippen LogP contribution in [-0.4, -0.2) is 62.1 Å². The molecule has 0 heterocycles. The third-order valence-electron chi connectivity index (χ3n) is 5.83. The van der Waals surface area contributed by atoms with E-state index in [1.165, 1.54) is 32.1 Å². The topological polar surface area (TPSA) is 64.7 Å². The quantitative estimate of drug-likeness (QED) is 0.817. The Morgan fingerprint density at radius 1 is 0.680 bits per heavy atom. The van der Waals surface area contributed by atoms with Gasteiger partial charge in [0.1, 0.15) is 0 Å². The summed E-state index contributed by atoms with van der Waals surface area (Å²) in [6, 6.07) is 0.759. The van der Waals surface area contributed by atoms with Crippen LogP contribution in [0.5, 0.6) is 0 Å². The molecule has 2 saturated carbocycles. The normalized spacial score (nSPS) is 29.6. The molecule has 4 amide bonds. The Hall–Kier alpha value is -1.46. The lowest BCUT2D eigenvalue weighted by Crippen LogP contribution is -2.43. The van der Waals surface area contributed by atoms with E-state index in [1.807, 2.05) is 0 Å². The summed E-state index contributed by atoms with van der Waals surface area (Å²) >= 11 is 0. The van der Waals surface area contributed by atoms with Crippen molar-refractivity contribution >= 4 is 12.1 Å². The van der Waals surface area contributed by atoms with E-state index in [0.29, 0.717) is 12.1 Å². The van der Waals surface area contributed by atoms with E-state index >= 15 is 0 Å². The second-order valence-electron chi connectivity index (χ2n) is 8.36. The van der Waals surface area contributed by atoms with Crippen LogP contribution in [0.25, 0.3) is 0 Å². The van der Waals surface area contributed by atoms with Gasteiger partial charge >= 0.3 is 12.1 Å². The molecule has 6 nitrogen and oxygen atoms in total. The first-order valence-corrected chi connectivity index (χ1v) is 9.80. The first kappa shape index (κ1) is 19.9. The number of hydrogen-bond donors (Lipinski definition) is 2. The highest BCUT2D eigenvalue weighted by Crippen LogP contribution is 2.35. The fourth-order valence-electron chi connectivity index (χ4n) is 4.16. The van der Waals surface area contributed by atoms with Crippen molar-refractivity contribution in [3.05, 3.63) is 0 Å². The van der Waals surface area contributed by atoms with Gasteiger partial charge in [0.15, 0.2) is 0 Å². The van der Waals surface area contributed by atoms with Crippen molar-refractivity contribution in [3.63, 3.8) is 0 Å². The van der Waals surface area contributed by atoms with E-state index in [9.17, 15) is 9.59 Å². The summed E-state index contributed by atoms with van der Waals surface area (Å²) in [5, 5.41) is 6.24. The van der Waals surface area contributed by atoms with E-state index in [2.05, 4.69) is 10.6 Å². The molecule has 2 N–H and O–H groups in total. The van der Waals surface area contributed by atoms with Crippen molar-refractivity contribution in [3.8, 4) is 0 Å². The second kappa shape index (κ2) is 9.30. The molecule has 0 aromatic heterocycles. The summed E-state index contributed by atoms with van der Waals surface area (Å²) < 4.78 is 0. The molecule has 0 aliphatic heterocycles. The molecular formula is C19H36N4O2. The molecule has 0 aromatic carbocycles. The molecule has 2 aliphatic rings. The second-order valence-corrected chi connectivity index (χ2v) is 8.36. The summed E-state index contributed by atoms with van der Waals surface area (Å²) in [5.41, 5.74) is 0. The highest BCUT2D eigenvalue weighted by atomic mass is 16.2. The Balaban J connectivity index is 1.63. The SMILES string of the molecule is CN(C)C(=O)NC1CCC(CC2CCC(NC(=O)N(C)C)CC2)CC1. The fraction of sp³-hybridized carbons (Fsp3) is 0.895. The summed E-state index contributed by atoms with van der Waals surface area (Å²) in [7, 11) is 7.16. The molecular weight excluding hydrogens is 316 g/mol. The lowest BCUT2D eigenvalue weighted by molar-refractivity contribution is 0.186. The van der Waals surface area contributed by atoms with Crippen LogP contribution >= 0.6 is 0 Å². The van der Waals surface area contributed by atoms with Gasteiger partial charge in [0, 0.05) is 40.3 Å². The predicted octanol–water partition coefficient (Wildman–Crippen LogP) is 3.04. The number of rotatable bonds is 4. The molecule has 2 rings (SSSR count). The van der Waals surface area contributed by atoms with Crippen molar-refractivity contribution in [2.75, 3.05) is 28.2 Å². The van der Waals surface area contributed by atoms with Crippen LogP contribution < -0.4 is 10.6 Å².